The quantitative estimate of drug-likeness (QED) is 0.150. The Balaban J connectivity index is 1.39. The van der Waals surface area contributed by atoms with Gasteiger partial charge in [-0.15, -0.1) is 0 Å². The minimum atomic E-state index is -0.805. The summed E-state index contributed by atoms with van der Waals surface area (Å²) in [5.74, 6) is 1.17. The van der Waals surface area contributed by atoms with Gasteiger partial charge in [-0.2, -0.15) is 0 Å². The average molecular weight is 683 g/mol. The molecule has 0 saturated heterocycles. The van der Waals surface area contributed by atoms with Crippen LogP contribution in [0.2, 0.25) is 0 Å². The third-order valence-electron chi connectivity index (χ3n) is 8.57. The summed E-state index contributed by atoms with van der Waals surface area (Å²) in [5, 5.41) is 2.23. The molecule has 0 N–H and O–H groups in total. The van der Waals surface area contributed by atoms with Crippen LogP contribution in [-0.4, -0.2) is 31.4 Å². The maximum Gasteiger partial charge on any atom is 0.338 e. The maximum absolute atomic E-state index is 14.5. The molecule has 2 heterocycles. The van der Waals surface area contributed by atoms with E-state index < -0.39 is 12.0 Å². The molecule has 9 heteroatoms. The number of esters is 1. The molecule has 1 aliphatic heterocycles. The van der Waals surface area contributed by atoms with Gasteiger partial charge < -0.3 is 18.9 Å². The second-order valence-electron chi connectivity index (χ2n) is 11.5. The van der Waals surface area contributed by atoms with Gasteiger partial charge in [0.1, 0.15) is 12.4 Å². The lowest BCUT2D eigenvalue weighted by atomic mass is 9.93. The number of rotatable bonds is 10. The summed E-state index contributed by atoms with van der Waals surface area (Å²) >= 11 is 1.25. The highest BCUT2D eigenvalue weighted by Gasteiger charge is 2.35. The van der Waals surface area contributed by atoms with E-state index in [4.69, 9.17) is 23.9 Å². The lowest BCUT2D eigenvalue weighted by molar-refractivity contribution is -0.138. The fourth-order valence-corrected chi connectivity index (χ4v) is 7.21. The van der Waals surface area contributed by atoms with Gasteiger partial charge in [0.05, 0.1) is 42.7 Å². The van der Waals surface area contributed by atoms with Crippen molar-refractivity contribution in [3.8, 4) is 17.2 Å². The van der Waals surface area contributed by atoms with Crippen LogP contribution in [0.3, 0.4) is 0 Å². The van der Waals surface area contributed by atoms with Crippen LogP contribution < -0.4 is 29.1 Å². The molecular formula is C41H34N2O6S. The van der Waals surface area contributed by atoms with Crippen LogP contribution in [0.15, 0.2) is 131 Å². The molecule has 0 bridgehead atoms. The molecule has 0 radical (unpaired) electrons. The molecule has 1 atom stereocenters. The topological polar surface area (TPSA) is 88.4 Å². The van der Waals surface area contributed by atoms with Crippen LogP contribution in [0, 0.1) is 0 Å². The molecule has 5 aromatic carbocycles. The maximum atomic E-state index is 14.5. The third-order valence-corrected chi connectivity index (χ3v) is 9.56. The molecule has 0 aliphatic carbocycles. The molecule has 7 rings (SSSR count). The number of benzene rings is 5. The van der Waals surface area contributed by atoms with Crippen LogP contribution in [0.1, 0.15) is 35.2 Å². The van der Waals surface area contributed by atoms with Gasteiger partial charge in [-0.25, -0.2) is 9.79 Å². The van der Waals surface area contributed by atoms with E-state index in [9.17, 15) is 9.59 Å². The zero-order valence-corrected chi connectivity index (χ0v) is 28.6. The van der Waals surface area contributed by atoms with E-state index in [0.717, 1.165) is 21.9 Å². The van der Waals surface area contributed by atoms with Gasteiger partial charge in [-0.05, 0) is 53.1 Å². The Bertz CT molecular complexity index is 2410. The van der Waals surface area contributed by atoms with Crippen LogP contribution in [0.5, 0.6) is 17.2 Å². The van der Waals surface area contributed by atoms with Crippen LogP contribution in [0.4, 0.5) is 0 Å². The summed E-state index contributed by atoms with van der Waals surface area (Å²) in [6.45, 7) is 2.22. The average Bonchev–Trinajstić information content (AvgIpc) is 3.47. The van der Waals surface area contributed by atoms with Gasteiger partial charge in [-0.3, -0.25) is 9.36 Å². The number of methoxy groups -OCH3 is 2. The lowest BCUT2D eigenvalue weighted by Gasteiger charge is -2.26. The number of hydrogen-bond acceptors (Lipinski definition) is 8. The first-order valence-corrected chi connectivity index (χ1v) is 17.0. The fraction of sp³-hybridized carbons (Fsp3) is 0.146. The summed E-state index contributed by atoms with van der Waals surface area (Å²) in [6.07, 6.45) is 1.80. The van der Waals surface area contributed by atoms with E-state index >= 15 is 0 Å². The highest BCUT2D eigenvalue weighted by Crippen LogP contribution is 2.36. The fourth-order valence-electron chi connectivity index (χ4n) is 6.21. The second kappa shape index (κ2) is 14.3. The van der Waals surface area contributed by atoms with Gasteiger partial charge in [0.15, 0.2) is 16.3 Å². The third kappa shape index (κ3) is 6.19. The van der Waals surface area contributed by atoms with Crippen molar-refractivity contribution in [3.63, 3.8) is 0 Å². The number of nitrogens with zero attached hydrogens (tertiary/aromatic N) is 2. The van der Waals surface area contributed by atoms with Crippen LogP contribution >= 0.6 is 11.3 Å². The summed E-state index contributed by atoms with van der Waals surface area (Å²) in [6, 6.07) is 35.9. The van der Waals surface area contributed by atoms with Gasteiger partial charge >= 0.3 is 5.97 Å². The lowest BCUT2D eigenvalue weighted by Crippen LogP contribution is -2.40. The summed E-state index contributed by atoms with van der Waals surface area (Å²) < 4.78 is 25.2. The summed E-state index contributed by atoms with van der Waals surface area (Å²) in [4.78, 5) is 33.7. The normalized spacial score (nSPS) is 14.2. The number of fused-ring (bicyclic) bond motifs is 2. The molecule has 6 aromatic rings. The van der Waals surface area contributed by atoms with E-state index in [0.29, 0.717) is 50.0 Å². The second-order valence-corrected chi connectivity index (χ2v) is 12.5. The van der Waals surface area contributed by atoms with Crippen LogP contribution in [0.25, 0.3) is 22.5 Å². The Labute approximate surface area is 292 Å². The predicted octanol–water partition coefficient (Wildman–Crippen LogP) is 6.69. The Hall–Kier alpha value is -5.93. The molecule has 1 aliphatic rings. The number of ether oxygens (including phenoxy) is 4. The van der Waals surface area contributed by atoms with Crippen molar-refractivity contribution in [3.05, 3.63) is 163 Å². The number of carbonyl (C=O) groups excluding carboxylic acids is 1. The molecule has 50 heavy (non-hydrogen) atoms. The SMILES string of the molecule is CCOC(=O)C1=C(c2ccccc2)N=c2s/c(=C\c3cccc(OC)c3OCc3cccc4ccccc34)c(=O)n2[C@@H]1c1ccc(OC)cc1. The van der Waals surface area contributed by atoms with Gasteiger partial charge in [0, 0.05) is 11.1 Å². The zero-order chi connectivity index (χ0) is 34.6. The van der Waals surface area contributed by atoms with E-state index in [-0.39, 0.29) is 17.7 Å². The first kappa shape index (κ1) is 32.6. The van der Waals surface area contributed by atoms with Gasteiger partial charge in [-0.1, -0.05) is 108 Å². The van der Waals surface area contributed by atoms with E-state index in [1.165, 1.54) is 11.3 Å². The molecule has 0 fully saturated rings. The van der Waals surface area contributed by atoms with Crippen molar-refractivity contribution in [2.24, 2.45) is 4.99 Å². The minimum absolute atomic E-state index is 0.168. The number of hydrogen-bond donors (Lipinski definition) is 0. The summed E-state index contributed by atoms with van der Waals surface area (Å²) in [5.41, 5.74) is 3.59. The van der Waals surface area contributed by atoms with Crippen LogP contribution in [-0.2, 0) is 16.1 Å². The first-order chi connectivity index (χ1) is 24.5. The molecule has 0 unspecified atom stereocenters. The summed E-state index contributed by atoms with van der Waals surface area (Å²) in [7, 11) is 3.18. The number of carbonyl (C=O) groups is 1. The van der Waals surface area contributed by atoms with E-state index in [1.54, 1.807) is 31.8 Å². The smallest absolute Gasteiger partial charge is 0.338 e. The number of aromatic nitrogens is 1. The molecule has 1 aromatic heterocycles. The van der Waals surface area contributed by atoms with Crippen molar-refractivity contribution < 1.29 is 23.7 Å². The monoisotopic (exact) mass is 682 g/mol. The predicted molar refractivity (Wildman–Crippen MR) is 195 cm³/mol. The van der Waals surface area contributed by atoms with Crippen molar-refractivity contribution in [1.29, 1.82) is 0 Å². The van der Waals surface area contributed by atoms with Crippen molar-refractivity contribution in [1.82, 2.24) is 4.57 Å². The number of thiazole rings is 1. The molecule has 8 nitrogen and oxygen atoms in total. The Kier molecular flexibility index (Phi) is 9.31. The van der Waals surface area contributed by atoms with Gasteiger partial charge in [0.2, 0.25) is 0 Å². The Morgan fingerprint density at radius 1 is 0.860 bits per heavy atom. The molecular weight excluding hydrogens is 649 g/mol. The molecule has 0 amide bonds. The number of para-hydroxylation sites is 1. The Morgan fingerprint density at radius 2 is 1.60 bits per heavy atom. The standard InChI is InChI=1S/C41H34N2O6S/c1-4-48-40(45)35-36(27-13-6-5-7-14-27)42-41-43(37(35)28-20-22-31(46-2)23-21-28)39(44)34(50-41)24-29-16-11-19-33(47-3)38(29)49-25-30-17-10-15-26-12-8-9-18-32(26)30/h5-24,37H,4,25H2,1-3H3/b34-24-/t37-/m1/s1. The van der Waals surface area contributed by atoms with Crippen molar-refractivity contribution in [2.75, 3.05) is 20.8 Å². The van der Waals surface area contributed by atoms with E-state index in [2.05, 4.69) is 18.2 Å². The van der Waals surface area contributed by atoms with Crippen molar-refractivity contribution in [2.45, 2.75) is 19.6 Å². The largest absolute Gasteiger partial charge is 0.497 e. The minimum Gasteiger partial charge on any atom is -0.497 e. The highest BCUT2D eigenvalue weighted by atomic mass is 32.1. The van der Waals surface area contributed by atoms with E-state index in [1.807, 2.05) is 97.1 Å². The first-order valence-electron chi connectivity index (χ1n) is 16.2. The highest BCUT2D eigenvalue weighted by molar-refractivity contribution is 7.07. The molecule has 0 spiro atoms. The van der Waals surface area contributed by atoms with Gasteiger partial charge in [0.25, 0.3) is 5.56 Å². The Morgan fingerprint density at radius 3 is 2.36 bits per heavy atom. The molecule has 0 saturated carbocycles. The molecule has 250 valence electrons. The van der Waals surface area contributed by atoms with Crippen molar-refractivity contribution >= 4 is 39.9 Å². The zero-order valence-electron chi connectivity index (χ0n) is 27.8.